The molecule has 0 unspecified atom stereocenters. The lowest BCUT2D eigenvalue weighted by Crippen LogP contribution is -2.13. The average Bonchev–Trinajstić information content (AvgIpc) is 2.33. The highest BCUT2D eigenvalue weighted by atomic mass is 35.5. The molecule has 0 saturated carbocycles. The van der Waals surface area contributed by atoms with Crippen LogP contribution in [0.5, 0.6) is 0 Å². The summed E-state index contributed by atoms with van der Waals surface area (Å²) in [5, 5.41) is 3.38. The van der Waals surface area contributed by atoms with Crippen LogP contribution in [0.4, 0.5) is 5.69 Å². The smallest absolute Gasteiger partial charge is 0.255 e. The lowest BCUT2D eigenvalue weighted by molar-refractivity contribution is 0.102. The molecule has 2 aromatic rings. The summed E-state index contributed by atoms with van der Waals surface area (Å²) in [6.07, 6.45) is 0. The number of hydrogen-bond acceptors (Lipinski definition) is 1. The molecule has 2 rings (SSSR count). The molecule has 1 N–H and O–H groups in total. The Kier molecular flexibility index (Phi) is 3.68. The number of carbonyl (C=O) groups is 1. The summed E-state index contributed by atoms with van der Waals surface area (Å²) in [4.78, 5) is 12.1. The van der Waals surface area contributed by atoms with Crippen LogP contribution in [0.3, 0.4) is 0 Å². The number of amides is 1. The van der Waals surface area contributed by atoms with Crippen LogP contribution in [0, 0.1) is 13.8 Å². The van der Waals surface area contributed by atoms with Gasteiger partial charge in [-0.05, 0) is 43.2 Å². The molecule has 0 fully saturated rings. The van der Waals surface area contributed by atoms with Crippen molar-refractivity contribution in [3.05, 3.63) is 64.2 Å². The molecule has 0 heterocycles. The second-order valence-corrected chi connectivity index (χ2v) is 4.66. The minimum Gasteiger partial charge on any atom is -0.321 e. The maximum absolute atomic E-state index is 12.1. The van der Waals surface area contributed by atoms with E-state index >= 15 is 0 Å². The molecule has 0 bridgehead atoms. The van der Waals surface area contributed by atoms with Crippen molar-refractivity contribution in [3.8, 4) is 0 Å². The van der Waals surface area contributed by atoms with Crippen molar-refractivity contribution < 1.29 is 4.79 Å². The van der Waals surface area contributed by atoms with Crippen LogP contribution >= 0.6 is 11.6 Å². The molecule has 18 heavy (non-hydrogen) atoms. The second kappa shape index (κ2) is 5.23. The van der Waals surface area contributed by atoms with Gasteiger partial charge in [-0.1, -0.05) is 35.9 Å². The van der Waals surface area contributed by atoms with Crippen LogP contribution in [0.1, 0.15) is 21.5 Å². The maximum Gasteiger partial charge on any atom is 0.255 e. The zero-order valence-electron chi connectivity index (χ0n) is 10.3. The molecule has 92 valence electrons. The standard InChI is InChI=1S/C15H14ClNO/c1-10-7-8-14(13(16)9-10)17-15(18)12-6-4-3-5-11(12)2/h3-9H,1-2H3,(H,17,18). The van der Waals surface area contributed by atoms with Crippen molar-refractivity contribution in [3.63, 3.8) is 0 Å². The third kappa shape index (κ3) is 2.71. The van der Waals surface area contributed by atoms with Crippen molar-refractivity contribution in [1.82, 2.24) is 0 Å². The van der Waals surface area contributed by atoms with E-state index in [1.165, 1.54) is 0 Å². The minimum absolute atomic E-state index is 0.140. The first-order valence-corrected chi connectivity index (χ1v) is 6.09. The number of hydrogen-bond donors (Lipinski definition) is 1. The van der Waals surface area contributed by atoms with E-state index in [9.17, 15) is 4.79 Å². The van der Waals surface area contributed by atoms with Gasteiger partial charge in [0.05, 0.1) is 10.7 Å². The third-order valence-corrected chi connectivity index (χ3v) is 3.08. The highest BCUT2D eigenvalue weighted by molar-refractivity contribution is 6.34. The lowest BCUT2D eigenvalue weighted by Gasteiger charge is -2.09. The van der Waals surface area contributed by atoms with Gasteiger partial charge in [-0.3, -0.25) is 4.79 Å². The summed E-state index contributed by atoms with van der Waals surface area (Å²) in [6.45, 7) is 3.87. The van der Waals surface area contributed by atoms with Crippen LogP contribution in [-0.2, 0) is 0 Å². The number of benzene rings is 2. The predicted molar refractivity (Wildman–Crippen MR) is 75.3 cm³/mol. The Bertz CT molecular complexity index is 593. The van der Waals surface area contributed by atoms with E-state index < -0.39 is 0 Å². The summed E-state index contributed by atoms with van der Waals surface area (Å²) < 4.78 is 0. The number of aryl methyl sites for hydroxylation is 2. The fourth-order valence-corrected chi connectivity index (χ4v) is 2.02. The fraction of sp³-hybridized carbons (Fsp3) is 0.133. The quantitative estimate of drug-likeness (QED) is 0.860. The van der Waals surface area contributed by atoms with Gasteiger partial charge >= 0.3 is 0 Å². The Balaban J connectivity index is 2.24. The summed E-state index contributed by atoms with van der Waals surface area (Å²) in [5.41, 5.74) is 3.30. The van der Waals surface area contributed by atoms with Crippen LogP contribution < -0.4 is 5.32 Å². The van der Waals surface area contributed by atoms with Gasteiger partial charge in [0.1, 0.15) is 0 Å². The van der Waals surface area contributed by atoms with E-state index in [1.807, 2.05) is 50.2 Å². The van der Waals surface area contributed by atoms with Crippen molar-refractivity contribution >= 4 is 23.2 Å². The van der Waals surface area contributed by atoms with E-state index in [0.29, 0.717) is 16.3 Å². The van der Waals surface area contributed by atoms with Gasteiger partial charge < -0.3 is 5.32 Å². The molecular weight excluding hydrogens is 246 g/mol. The molecule has 2 aromatic carbocycles. The van der Waals surface area contributed by atoms with Gasteiger partial charge in [0.15, 0.2) is 0 Å². The first-order chi connectivity index (χ1) is 8.58. The topological polar surface area (TPSA) is 29.1 Å². The average molecular weight is 260 g/mol. The molecule has 0 aromatic heterocycles. The molecule has 0 spiro atoms. The Morgan fingerprint density at radius 1 is 1.11 bits per heavy atom. The third-order valence-electron chi connectivity index (χ3n) is 2.76. The number of nitrogens with one attached hydrogen (secondary N) is 1. The highest BCUT2D eigenvalue weighted by Crippen LogP contribution is 2.23. The molecule has 3 heteroatoms. The zero-order valence-corrected chi connectivity index (χ0v) is 11.1. The summed E-state index contributed by atoms with van der Waals surface area (Å²) >= 11 is 6.09. The fourth-order valence-electron chi connectivity index (χ4n) is 1.74. The van der Waals surface area contributed by atoms with Crippen LogP contribution in [0.25, 0.3) is 0 Å². The first-order valence-electron chi connectivity index (χ1n) is 5.71. The number of rotatable bonds is 2. The molecule has 1 amide bonds. The van der Waals surface area contributed by atoms with Crippen molar-refractivity contribution in [1.29, 1.82) is 0 Å². The molecule has 0 aliphatic rings. The molecule has 0 saturated heterocycles. The Morgan fingerprint density at radius 3 is 2.50 bits per heavy atom. The van der Waals surface area contributed by atoms with Crippen LogP contribution in [0.15, 0.2) is 42.5 Å². The Hall–Kier alpha value is -1.80. The minimum atomic E-state index is -0.140. The van der Waals surface area contributed by atoms with Gasteiger partial charge in [0.2, 0.25) is 0 Å². The highest BCUT2D eigenvalue weighted by Gasteiger charge is 2.10. The summed E-state index contributed by atoms with van der Waals surface area (Å²) in [6, 6.07) is 13.0. The van der Waals surface area contributed by atoms with E-state index in [1.54, 1.807) is 6.07 Å². The molecule has 0 radical (unpaired) electrons. The van der Waals surface area contributed by atoms with Crippen molar-refractivity contribution in [2.45, 2.75) is 13.8 Å². The molecule has 0 aliphatic carbocycles. The number of carbonyl (C=O) groups excluding carboxylic acids is 1. The Labute approximate surface area is 112 Å². The summed E-state index contributed by atoms with van der Waals surface area (Å²) in [7, 11) is 0. The van der Waals surface area contributed by atoms with Gasteiger partial charge in [0.25, 0.3) is 5.91 Å². The molecule has 0 aliphatic heterocycles. The zero-order chi connectivity index (χ0) is 13.1. The SMILES string of the molecule is Cc1ccc(NC(=O)c2ccccc2C)c(Cl)c1. The van der Waals surface area contributed by atoms with Crippen molar-refractivity contribution in [2.24, 2.45) is 0 Å². The predicted octanol–water partition coefficient (Wildman–Crippen LogP) is 4.21. The molecule has 0 atom stereocenters. The van der Waals surface area contributed by atoms with Gasteiger partial charge in [0, 0.05) is 5.56 Å². The van der Waals surface area contributed by atoms with Gasteiger partial charge in [-0.2, -0.15) is 0 Å². The summed E-state index contributed by atoms with van der Waals surface area (Å²) in [5.74, 6) is -0.140. The van der Waals surface area contributed by atoms with E-state index in [2.05, 4.69) is 5.32 Å². The van der Waals surface area contributed by atoms with Crippen LogP contribution in [-0.4, -0.2) is 5.91 Å². The first kappa shape index (κ1) is 12.7. The van der Waals surface area contributed by atoms with Crippen LogP contribution in [0.2, 0.25) is 5.02 Å². The van der Waals surface area contributed by atoms with Gasteiger partial charge in [-0.25, -0.2) is 0 Å². The van der Waals surface area contributed by atoms with Gasteiger partial charge in [-0.15, -0.1) is 0 Å². The lowest BCUT2D eigenvalue weighted by atomic mass is 10.1. The van der Waals surface area contributed by atoms with E-state index in [0.717, 1.165) is 11.1 Å². The maximum atomic E-state index is 12.1. The molecule has 2 nitrogen and oxygen atoms in total. The molecular formula is C15H14ClNO. The normalized spacial score (nSPS) is 10.2. The van der Waals surface area contributed by atoms with Crippen molar-refractivity contribution in [2.75, 3.05) is 5.32 Å². The number of anilines is 1. The number of halogens is 1. The second-order valence-electron chi connectivity index (χ2n) is 4.25. The van der Waals surface area contributed by atoms with E-state index in [4.69, 9.17) is 11.6 Å². The Morgan fingerprint density at radius 2 is 1.83 bits per heavy atom. The largest absolute Gasteiger partial charge is 0.321 e. The van der Waals surface area contributed by atoms with E-state index in [-0.39, 0.29) is 5.91 Å². The monoisotopic (exact) mass is 259 g/mol.